The predicted molar refractivity (Wildman–Crippen MR) is 138 cm³/mol. The van der Waals surface area contributed by atoms with Crippen LogP contribution < -0.4 is 5.32 Å². The fourth-order valence-corrected chi connectivity index (χ4v) is 4.85. The Kier molecular flexibility index (Phi) is 6.93. The highest BCUT2D eigenvalue weighted by Crippen LogP contribution is 2.34. The van der Waals surface area contributed by atoms with E-state index >= 15 is 0 Å². The smallest absolute Gasteiger partial charge is 0.322 e. The van der Waals surface area contributed by atoms with Crippen molar-refractivity contribution < 1.29 is 18.0 Å². The van der Waals surface area contributed by atoms with Gasteiger partial charge in [-0.3, -0.25) is 9.69 Å². The molecule has 0 spiro atoms. The van der Waals surface area contributed by atoms with Crippen molar-refractivity contribution in [3.05, 3.63) is 89.2 Å². The lowest BCUT2D eigenvalue weighted by molar-refractivity contribution is -0.138. The molecule has 1 fully saturated rings. The number of rotatable bonds is 5. The number of alkyl halides is 3. The van der Waals surface area contributed by atoms with Crippen LogP contribution in [0.2, 0.25) is 0 Å². The molecule has 0 saturated carbocycles. The molecular formula is C29H27F3N4O. The number of anilines is 1. The molecule has 0 bridgehead atoms. The van der Waals surface area contributed by atoms with E-state index in [2.05, 4.69) is 15.5 Å². The number of carbonyl (C=O) groups excluding carboxylic acids is 1. The first-order chi connectivity index (χ1) is 17.8. The highest BCUT2D eigenvalue weighted by molar-refractivity contribution is 6.05. The summed E-state index contributed by atoms with van der Waals surface area (Å²) >= 11 is 0. The van der Waals surface area contributed by atoms with E-state index in [0.29, 0.717) is 5.69 Å². The number of fused-ring (bicyclic) bond motifs is 1. The maximum absolute atomic E-state index is 13.9. The van der Waals surface area contributed by atoms with Crippen molar-refractivity contribution in [2.45, 2.75) is 38.9 Å². The molecule has 3 aromatic carbocycles. The van der Waals surface area contributed by atoms with Crippen LogP contribution in [-0.2, 0) is 12.7 Å². The van der Waals surface area contributed by atoms with Crippen LogP contribution in [0, 0.1) is 6.92 Å². The zero-order valence-corrected chi connectivity index (χ0v) is 20.5. The molecule has 1 aromatic heterocycles. The van der Waals surface area contributed by atoms with Gasteiger partial charge >= 0.3 is 6.18 Å². The number of hydrogen-bond acceptors (Lipinski definition) is 4. The molecule has 2 heterocycles. The normalized spacial score (nSPS) is 14.6. The molecule has 1 saturated heterocycles. The number of carbonyl (C=O) groups is 1. The van der Waals surface area contributed by atoms with Crippen molar-refractivity contribution in [1.82, 2.24) is 15.1 Å². The predicted octanol–water partition coefficient (Wildman–Crippen LogP) is 6.86. The Balaban J connectivity index is 1.39. The van der Waals surface area contributed by atoms with Crippen molar-refractivity contribution in [2.75, 3.05) is 18.4 Å². The second-order valence-electron chi connectivity index (χ2n) is 9.52. The molecule has 5 rings (SSSR count). The Labute approximate surface area is 213 Å². The fraction of sp³-hybridized carbons (Fsp3) is 0.276. The highest BCUT2D eigenvalue weighted by atomic mass is 19.4. The van der Waals surface area contributed by atoms with Crippen LogP contribution in [0.15, 0.2) is 67.0 Å². The lowest BCUT2D eigenvalue weighted by atomic mass is 9.98. The number of aromatic nitrogens is 2. The third-order valence-corrected chi connectivity index (χ3v) is 6.87. The zero-order valence-electron chi connectivity index (χ0n) is 20.5. The number of amides is 1. The van der Waals surface area contributed by atoms with Gasteiger partial charge in [-0.15, -0.1) is 0 Å². The third-order valence-electron chi connectivity index (χ3n) is 6.87. The summed E-state index contributed by atoms with van der Waals surface area (Å²) in [6, 6.07) is 15.2. The average molecular weight is 505 g/mol. The molecular weight excluding hydrogens is 477 g/mol. The van der Waals surface area contributed by atoms with E-state index in [1.807, 2.05) is 42.2 Å². The van der Waals surface area contributed by atoms with Crippen LogP contribution in [-0.4, -0.2) is 34.1 Å². The first-order valence-corrected chi connectivity index (χ1v) is 12.3. The molecule has 37 heavy (non-hydrogen) atoms. The molecule has 0 atom stereocenters. The second kappa shape index (κ2) is 10.3. The van der Waals surface area contributed by atoms with Gasteiger partial charge in [0.25, 0.3) is 5.91 Å². The lowest BCUT2D eigenvalue weighted by Gasteiger charge is -2.27. The largest absolute Gasteiger partial charge is 0.416 e. The molecule has 0 radical (unpaired) electrons. The van der Waals surface area contributed by atoms with Gasteiger partial charge in [0.1, 0.15) is 0 Å². The summed E-state index contributed by atoms with van der Waals surface area (Å²) in [6.07, 6.45) is 1.93. The maximum atomic E-state index is 13.9. The van der Waals surface area contributed by atoms with Gasteiger partial charge in [-0.1, -0.05) is 30.7 Å². The summed E-state index contributed by atoms with van der Waals surface area (Å²) in [7, 11) is 0. The number of halogens is 3. The molecule has 1 N–H and O–H groups in total. The number of aryl methyl sites for hydroxylation is 1. The van der Waals surface area contributed by atoms with Gasteiger partial charge in [0.15, 0.2) is 0 Å². The number of likely N-dealkylation sites (tertiary alicyclic amines) is 1. The van der Waals surface area contributed by atoms with Gasteiger partial charge in [0.05, 0.1) is 18.0 Å². The Bertz CT molecular complexity index is 1450. The van der Waals surface area contributed by atoms with Gasteiger partial charge in [-0.2, -0.15) is 23.4 Å². The summed E-state index contributed by atoms with van der Waals surface area (Å²) in [5.41, 5.74) is 2.77. The van der Waals surface area contributed by atoms with Gasteiger partial charge in [-0.05, 0) is 85.4 Å². The SMILES string of the molecule is Cc1ccc(NC(=O)c2ccc(CN3CCCCC3)c(C(F)(F)F)c2)cc1-c1ccc2cnncc2c1. The summed E-state index contributed by atoms with van der Waals surface area (Å²) in [6.45, 7) is 3.78. The molecule has 1 aliphatic heterocycles. The number of benzene rings is 3. The zero-order chi connectivity index (χ0) is 26.0. The summed E-state index contributed by atoms with van der Waals surface area (Å²) in [5, 5.41) is 12.5. The van der Waals surface area contributed by atoms with Gasteiger partial charge in [0.2, 0.25) is 0 Å². The van der Waals surface area contributed by atoms with Crippen molar-refractivity contribution in [3.8, 4) is 11.1 Å². The summed E-state index contributed by atoms with van der Waals surface area (Å²) in [4.78, 5) is 15.0. The van der Waals surface area contributed by atoms with E-state index in [1.165, 1.54) is 12.1 Å². The van der Waals surface area contributed by atoms with E-state index in [1.54, 1.807) is 18.5 Å². The molecule has 1 aliphatic rings. The van der Waals surface area contributed by atoms with E-state index in [4.69, 9.17) is 0 Å². The average Bonchev–Trinajstić information content (AvgIpc) is 2.89. The minimum atomic E-state index is -4.54. The van der Waals surface area contributed by atoms with E-state index < -0.39 is 17.6 Å². The number of hydrogen-bond donors (Lipinski definition) is 1. The Hall–Kier alpha value is -3.78. The van der Waals surface area contributed by atoms with Gasteiger partial charge in [0, 0.05) is 28.6 Å². The number of piperidine rings is 1. The van der Waals surface area contributed by atoms with Crippen LogP contribution in [0.25, 0.3) is 21.9 Å². The molecule has 1 amide bonds. The van der Waals surface area contributed by atoms with E-state index in [0.717, 1.165) is 65.9 Å². The molecule has 5 nitrogen and oxygen atoms in total. The quantitative estimate of drug-likeness (QED) is 0.323. The third kappa shape index (κ3) is 5.64. The number of nitrogens with one attached hydrogen (secondary N) is 1. The van der Waals surface area contributed by atoms with Gasteiger partial charge < -0.3 is 5.32 Å². The minimum Gasteiger partial charge on any atom is -0.322 e. The maximum Gasteiger partial charge on any atom is 0.416 e. The topological polar surface area (TPSA) is 58.1 Å². The van der Waals surface area contributed by atoms with Crippen molar-refractivity contribution in [1.29, 1.82) is 0 Å². The minimum absolute atomic E-state index is 0.0267. The van der Waals surface area contributed by atoms with Crippen molar-refractivity contribution in [2.24, 2.45) is 0 Å². The van der Waals surface area contributed by atoms with E-state index in [-0.39, 0.29) is 17.7 Å². The van der Waals surface area contributed by atoms with Crippen LogP contribution in [0.1, 0.15) is 46.3 Å². The molecule has 4 aromatic rings. The van der Waals surface area contributed by atoms with Crippen LogP contribution in [0.5, 0.6) is 0 Å². The molecule has 0 unspecified atom stereocenters. The second-order valence-corrected chi connectivity index (χ2v) is 9.52. The van der Waals surface area contributed by atoms with Gasteiger partial charge in [-0.25, -0.2) is 0 Å². The summed E-state index contributed by atoms with van der Waals surface area (Å²) in [5.74, 6) is -0.585. The monoisotopic (exact) mass is 504 g/mol. The van der Waals surface area contributed by atoms with Crippen LogP contribution in [0.3, 0.4) is 0 Å². The van der Waals surface area contributed by atoms with E-state index in [9.17, 15) is 18.0 Å². The lowest BCUT2D eigenvalue weighted by Crippen LogP contribution is -2.30. The number of nitrogens with zero attached hydrogens (tertiary/aromatic N) is 3. The molecule has 0 aliphatic carbocycles. The molecule has 8 heteroatoms. The molecule has 190 valence electrons. The van der Waals surface area contributed by atoms with Crippen molar-refractivity contribution in [3.63, 3.8) is 0 Å². The van der Waals surface area contributed by atoms with Crippen LogP contribution >= 0.6 is 0 Å². The standard InChI is InChI=1S/C29H27F3N4O/c1-19-5-10-25(15-26(19)20-6-8-22-16-33-34-17-24(22)13-20)35-28(37)21-7-9-23(27(14-21)29(30,31)32)18-36-11-3-2-4-12-36/h5-10,13-17H,2-4,11-12,18H2,1H3,(H,35,37). The first-order valence-electron chi connectivity index (χ1n) is 12.3. The summed E-state index contributed by atoms with van der Waals surface area (Å²) < 4.78 is 41.7. The first kappa shape index (κ1) is 24.9. The van der Waals surface area contributed by atoms with Crippen LogP contribution in [0.4, 0.5) is 18.9 Å². The Morgan fingerprint density at radius 1 is 0.919 bits per heavy atom. The fourth-order valence-electron chi connectivity index (χ4n) is 4.85. The Morgan fingerprint density at radius 2 is 1.68 bits per heavy atom. The highest BCUT2D eigenvalue weighted by Gasteiger charge is 2.34. The van der Waals surface area contributed by atoms with Crippen molar-refractivity contribution >= 4 is 22.4 Å². The Morgan fingerprint density at radius 3 is 2.43 bits per heavy atom.